The summed E-state index contributed by atoms with van der Waals surface area (Å²) in [5.74, 6) is -0.389. The van der Waals surface area contributed by atoms with Gasteiger partial charge in [-0.25, -0.2) is 0 Å². The standard InChI is InChI=1S/C16H18N2O3/c1-10(12-6-13(19)9-14(20)7-12)18-15-5-3-2-4-11(15)8-16(17)21/h2-7,9-10,18-20H,8H2,1H3,(H2,17,21). The number of carbonyl (C=O) groups excluding carboxylic acids is 1. The minimum Gasteiger partial charge on any atom is -0.508 e. The minimum absolute atomic E-state index is 0.00377. The van der Waals surface area contributed by atoms with Crippen LogP contribution in [-0.4, -0.2) is 16.1 Å². The number of phenols is 2. The zero-order valence-electron chi connectivity index (χ0n) is 11.7. The Morgan fingerprint density at radius 2 is 1.81 bits per heavy atom. The van der Waals surface area contributed by atoms with Crippen LogP contribution in [0.4, 0.5) is 5.69 Å². The van der Waals surface area contributed by atoms with Crippen molar-refractivity contribution in [3.63, 3.8) is 0 Å². The van der Waals surface area contributed by atoms with Crippen LogP contribution in [-0.2, 0) is 11.2 Å². The molecule has 0 aromatic heterocycles. The highest BCUT2D eigenvalue weighted by Crippen LogP contribution is 2.28. The van der Waals surface area contributed by atoms with Crippen molar-refractivity contribution < 1.29 is 15.0 Å². The molecule has 0 aliphatic heterocycles. The van der Waals surface area contributed by atoms with Crippen molar-refractivity contribution in [2.75, 3.05) is 5.32 Å². The molecule has 0 aliphatic carbocycles. The van der Waals surface area contributed by atoms with Gasteiger partial charge in [0.25, 0.3) is 0 Å². The molecule has 21 heavy (non-hydrogen) atoms. The third kappa shape index (κ3) is 3.89. The van der Waals surface area contributed by atoms with Crippen molar-refractivity contribution in [1.82, 2.24) is 0 Å². The van der Waals surface area contributed by atoms with Gasteiger partial charge >= 0.3 is 0 Å². The molecule has 0 radical (unpaired) electrons. The first kappa shape index (κ1) is 14.7. The molecule has 1 atom stereocenters. The van der Waals surface area contributed by atoms with Crippen molar-refractivity contribution in [2.45, 2.75) is 19.4 Å². The van der Waals surface area contributed by atoms with E-state index in [4.69, 9.17) is 5.73 Å². The molecular weight excluding hydrogens is 268 g/mol. The van der Waals surface area contributed by atoms with Crippen molar-refractivity contribution in [2.24, 2.45) is 5.73 Å². The number of nitrogens with two attached hydrogens (primary N) is 1. The molecular formula is C16H18N2O3. The lowest BCUT2D eigenvalue weighted by atomic mass is 10.0. The van der Waals surface area contributed by atoms with E-state index in [1.54, 1.807) is 12.1 Å². The maximum Gasteiger partial charge on any atom is 0.221 e. The fraction of sp³-hybridized carbons (Fsp3) is 0.188. The Morgan fingerprint density at radius 3 is 2.43 bits per heavy atom. The normalized spacial score (nSPS) is 11.9. The van der Waals surface area contributed by atoms with Gasteiger partial charge in [0.1, 0.15) is 11.5 Å². The van der Waals surface area contributed by atoms with Gasteiger partial charge in [-0.05, 0) is 36.2 Å². The average molecular weight is 286 g/mol. The third-order valence-electron chi connectivity index (χ3n) is 3.18. The molecule has 1 unspecified atom stereocenters. The lowest BCUT2D eigenvalue weighted by Crippen LogP contribution is -2.16. The predicted octanol–water partition coefficient (Wildman–Crippen LogP) is 2.30. The number of benzene rings is 2. The average Bonchev–Trinajstić information content (AvgIpc) is 2.39. The second-order valence-electron chi connectivity index (χ2n) is 4.95. The summed E-state index contributed by atoms with van der Waals surface area (Å²) in [6.07, 6.45) is 0.154. The van der Waals surface area contributed by atoms with Crippen LogP contribution < -0.4 is 11.1 Å². The van der Waals surface area contributed by atoms with E-state index in [2.05, 4.69) is 5.32 Å². The number of rotatable bonds is 5. The van der Waals surface area contributed by atoms with Gasteiger partial charge in [-0.3, -0.25) is 4.79 Å². The highest BCUT2D eigenvalue weighted by molar-refractivity contribution is 5.78. The van der Waals surface area contributed by atoms with Gasteiger partial charge in [0.05, 0.1) is 6.42 Å². The number of amides is 1. The van der Waals surface area contributed by atoms with Crippen LogP contribution in [0.2, 0.25) is 0 Å². The van der Waals surface area contributed by atoms with E-state index in [1.807, 2.05) is 31.2 Å². The zero-order chi connectivity index (χ0) is 15.4. The summed E-state index contributed by atoms with van der Waals surface area (Å²) in [4.78, 5) is 11.1. The molecule has 0 fully saturated rings. The number of hydrogen-bond donors (Lipinski definition) is 4. The summed E-state index contributed by atoms with van der Waals surface area (Å²) in [5, 5.41) is 22.3. The maximum atomic E-state index is 11.1. The molecule has 1 amide bonds. The monoisotopic (exact) mass is 286 g/mol. The first-order chi connectivity index (χ1) is 9.95. The Morgan fingerprint density at radius 1 is 1.19 bits per heavy atom. The highest BCUT2D eigenvalue weighted by Gasteiger charge is 2.11. The van der Waals surface area contributed by atoms with Crippen LogP contribution in [0, 0.1) is 0 Å². The number of nitrogens with one attached hydrogen (secondary N) is 1. The Kier molecular flexibility index (Phi) is 4.33. The van der Waals surface area contributed by atoms with Crippen LogP contribution >= 0.6 is 0 Å². The Bertz CT molecular complexity index is 635. The number of para-hydroxylation sites is 1. The Hall–Kier alpha value is -2.69. The molecule has 0 spiro atoms. The minimum atomic E-state index is -0.396. The molecule has 0 bridgehead atoms. The fourth-order valence-electron chi connectivity index (χ4n) is 2.19. The first-order valence-corrected chi connectivity index (χ1v) is 6.61. The smallest absolute Gasteiger partial charge is 0.221 e. The van der Waals surface area contributed by atoms with E-state index in [0.717, 1.165) is 16.8 Å². The number of anilines is 1. The van der Waals surface area contributed by atoms with E-state index in [-0.39, 0.29) is 24.0 Å². The lowest BCUT2D eigenvalue weighted by molar-refractivity contribution is -0.117. The van der Waals surface area contributed by atoms with E-state index in [0.29, 0.717) is 0 Å². The molecule has 0 saturated heterocycles. The predicted molar refractivity (Wildman–Crippen MR) is 81.1 cm³/mol. The molecule has 2 aromatic carbocycles. The molecule has 110 valence electrons. The van der Waals surface area contributed by atoms with Crippen molar-refractivity contribution in [1.29, 1.82) is 0 Å². The van der Waals surface area contributed by atoms with Gasteiger partial charge in [0.15, 0.2) is 0 Å². The topological polar surface area (TPSA) is 95.6 Å². The van der Waals surface area contributed by atoms with Gasteiger partial charge in [0, 0.05) is 17.8 Å². The quantitative estimate of drug-likeness (QED) is 0.678. The van der Waals surface area contributed by atoms with E-state index in [9.17, 15) is 15.0 Å². The molecule has 2 aromatic rings. The van der Waals surface area contributed by atoms with E-state index in [1.165, 1.54) is 6.07 Å². The molecule has 5 heteroatoms. The number of aromatic hydroxyl groups is 2. The molecule has 0 saturated carbocycles. The summed E-state index contributed by atoms with van der Waals surface area (Å²) in [6, 6.07) is 11.7. The van der Waals surface area contributed by atoms with Crippen molar-refractivity contribution in [3.8, 4) is 11.5 Å². The second-order valence-corrected chi connectivity index (χ2v) is 4.95. The second kappa shape index (κ2) is 6.17. The third-order valence-corrected chi connectivity index (χ3v) is 3.18. The van der Waals surface area contributed by atoms with Gasteiger partial charge in [-0.2, -0.15) is 0 Å². The maximum absolute atomic E-state index is 11.1. The SMILES string of the molecule is CC(Nc1ccccc1CC(N)=O)c1cc(O)cc(O)c1. The van der Waals surface area contributed by atoms with E-state index >= 15 is 0 Å². The number of primary amides is 1. The molecule has 0 aliphatic rings. The summed E-state index contributed by atoms with van der Waals surface area (Å²) in [7, 11) is 0. The van der Waals surface area contributed by atoms with Crippen LogP contribution in [0.15, 0.2) is 42.5 Å². The highest BCUT2D eigenvalue weighted by atomic mass is 16.3. The Balaban J connectivity index is 2.23. The van der Waals surface area contributed by atoms with Crippen LogP contribution in [0.3, 0.4) is 0 Å². The van der Waals surface area contributed by atoms with Gasteiger partial charge in [0.2, 0.25) is 5.91 Å². The van der Waals surface area contributed by atoms with Crippen molar-refractivity contribution >= 4 is 11.6 Å². The molecule has 5 nitrogen and oxygen atoms in total. The summed E-state index contributed by atoms with van der Waals surface area (Å²) in [5.41, 5.74) is 7.58. The summed E-state index contributed by atoms with van der Waals surface area (Å²) < 4.78 is 0. The van der Waals surface area contributed by atoms with Crippen LogP contribution in [0.5, 0.6) is 11.5 Å². The van der Waals surface area contributed by atoms with E-state index < -0.39 is 5.91 Å². The van der Waals surface area contributed by atoms with Gasteiger partial charge < -0.3 is 21.3 Å². The molecule has 2 rings (SSSR count). The zero-order valence-corrected chi connectivity index (χ0v) is 11.7. The first-order valence-electron chi connectivity index (χ1n) is 6.61. The fourth-order valence-corrected chi connectivity index (χ4v) is 2.19. The molecule has 5 N–H and O–H groups in total. The van der Waals surface area contributed by atoms with Crippen LogP contribution in [0.25, 0.3) is 0 Å². The largest absolute Gasteiger partial charge is 0.508 e. The summed E-state index contributed by atoms with van der Waals surface area (Å²) in [6.45, 7) is 1.90. The van der Waals surface area contributed by atoms with Crippen molar-refractivity contribution in [3.05, 3.63) is 53.6 Å². The Labute approximate surface area is 123 Å². The summed E-state index contributed by atoms with van der Waals surface area (Å²) >= 11 is 0. The number of carbonyl (C=O) groups is 1. The molecule has 0 heterocycles. The number of phenolic OH excluding ortho intramolecular Hbond substituents is 2. The van der Waals surface area contributed by atoms with Gasteiger partial charge in [-0.1, -0.05) is 18.2 Å². The van der Waals surface area contributed by atoms with Crippen LogP contribution in [0.1, 0.15) is 24.1 Å². The lowest BCUT2D eigenvalue weighted by Gasteiger charge is -2.18. The van der Waals surface area contributed by atoms with Gasteiger partial charge in [-0.15, -0.1) is 0 Å². The number of hydrogen-bond acceptors (Lipinski definition) is 4.